The van der Waals surface area contributed by atoms with Crippen molar-refractivity contribution in [1.82, 2.24) is 19.4 Å². The number of imidazole rings is 1. The zero-order chi connectivity index (χ0) is 21.2. The van der Waals surface area contributed by atoms with Gasteiger partial charge in [-0.15, -0.1) is 0 Å². The Labute approximate surface area is 180 Å². The van der Waals surface area contributed by atoms with Crippen molar-refractivity contribution in [3.05, 3.63) is 77.8 Å². The standard InChI is InChI=1S/C24H26FN5O/c1-17-26-14-21(31-17)16-29-12-10-20(11-13-29)27-24-28-22-4-2-3-5-23(22)30(24)15-18-6-8-19(25)9-7-18/h2-9,14,20H,10-13,15-16H2,1H3,(H,27,28). The summed E-state index contributed by atoms with van der Waals surface area (Å²) in [4.78, 5) is 11.4. The lowest BCUT2D eigenvalue weighted by atomic mass is 10.1. The van der Waals surface area contributed by atoms with Crippen LogP contribution >= 0.6 is 0 Å². The number of aromatic nitrogens is 3. The van der Waals surface area contributed by atoms with Crippen LogP contribution in [0, 0.1) is 12.7 Å². The van der Waals surface area contributed by atoms with Gasteiger partial charge in [-0.3, -0.25) is 4.90 Å². The summed E-state index contributed by atoms with van der Waals surface area (Å²) in [7, 11) is 0. The van der Waals surface area contributed by atoms with Gasteiger partial charge in [0, 0.05) is 26.1 Å². The van der Waals surface area contributed by atoms with Crippen LogP contribution in [-0.4, -0.2) is 38.6 Å². The number of piperidine rings is 1. The summed E-state index contributed by atoms with van der Waals surface area (Å²) in [6, 6.07) is 15.2. The number of halogens is 1. The number of likely N-dealkylation sites (tertiary alicyclic amines) is 1. The van der Waals surface area contributed by atoms with Gasteiger partial charge < -0.3 is 14.3 Å². The molecule has 1 fully saturated rings. The minimum atomic E-state index is -0.218. The van der Waals surface area contributed by atoms with Gasteiger partial charge in [-0.1, -0.05) is 24.3 Å². The van der Waals surface area contributed by atoms with E-state index in [4.69, 9.17) is 9.40 Å². The Morgan fingerprint density at radius 2 is 1.84 bits per heavy atom. The number of aryl methyl sites for hydroxylation is 1. The molecule has 6 nitrogen and oxygen atoms in total. The Hall–Kier alpha value is -3.19. The van der Waals surface area contributed by atoms with E-state index in [0.29, 0.717) is 18.5 Å². The van der Waals surface area contributed by atoms with Crippen LogP contribution in [0.15, 0.2) is 59.1 Å². The second kappa shape index (κ2) is 8.51. The van der Waals surface area contributed by atoms with E-state index in [1.807, 2.05) is 43.5 Å². The van der Waals surface area contributed by atoms with Crippen molar-refractivity contribution in [2.24, 2.45) is 0 Å². The third kappa shape index (κ3) is 4.46. The fourth-order valence-electron chi connectivity index (χ4n) is 4.23. The van der Waals surface area contributed by atoms with Crippen molar-refractivity contribution in [3.63, 3.8) is 0 Å². The number of fused-ring (bicyclic) bond motifs is 1. The molecule has 2 aromatic carbocycles. The third-order valence-corrected chi connectivity index (χ3v) is 5.88. The Kier molecular flexibility index (Phi) is 5.42. The lowest BCUT2D eigenvalue weighted by Crippen LogP contribution is -2.39. The lowest BCUT2D eigenvalue weighted by Gasteiger charge is -2.32. The van der Waals surface area contributed by atoms with Crippen molar-refractivity contribution in [1.29, 1.82) is 0 Å². The van der Waals surface area contributed by atoms with Crippen molar-refractivity contribution in [2.75, 3.05) is 18.4 Å². The summed E-state index contributed by atoms with van der Waals surface area (Å²) in [5, 5.41) is 3.67. The van der Waals surface area contributed by atoms with Crippen molar-refractivity contribution < 1.29 is 8.81 Å². The smallest absolute Gasteiger partial charge is 0.204 e. The summed E-state index contributed by atoms with van der Waals surface area (Å²) in [6.45, 7) is 5.31. The van der Waals surface area contributed by atoms with E-state index in [2.05, 4.69) is 25.8 Å². The molecule has 0 radical (unpaired) electrons. The normalized spacial score (nSPS) is 15.5. The van der Waals surface area contributed by atoms with E-state index < -0.39 is 0 Å². The van der Waals surface area contributed by atoms with Crippen LogP contribution in [-0.2, 0) is 13.1 Å². The molecule has 7 heteroatoms. The monoisotopic (exact) mass is 419 g/mol. The molecule has 2 aromatic heterocycles. The summed E-state index contributed by atoms with van der Waals surface area (Å²) < 4.78 is 21.1. The molecule has 1 saturated heterocycles. The Morgan fingerprint density at radius 3 is 2.58 bits per heavy atom. The molecule has 31 heavy (non-hydrogen) atoms. The average molecular weight is 420 g/mol. The molecule has 0 spiro atoms. The number of oxazole rings is 1. The highest BCUT2D eigenvalue weighted by Crippen LogP contribution is 2.24. The van der Waals surface area contributed by atoms with Gasteiger partial charge in [0.05, 0.1) is 30.3 Å². The quantitative estimate of drug-likeness (QED) is 0.495. The van der Waals surface area contributed by atoms with Crippen LogP contribution < -0.4 is 5.32 Å². The first kappa shape index (κ1) is 19.8. The first-order valence-corrected chi connectivity index (χ1v) is 10.7. The Bertz CT molecular complexity index is 1160. The van der Waals surface area contributed by atoms with Crippen molar-refractivity contribution >= 4 is 17.0 Å². The molecule has 3 heterocycles. The molecule has 4 aromatic rings. The number of benzene rings is 2. The summed E-state index contributed by atoms with van der Waals surface area (Å²) in [5.74, 6) is 2.29. The fourth-order valence-corrected chi connectivity index (χ4v) is 4.23. The van der Waals surface area contributed by atoms with E-state index in [1.165, 1.54) is 12.1 Å². The second-order valence-corrected chi connectivity index (χ2v) is 8.18. The van der Waals surface area contributed by atoms with E-state index in [0.717, 1.165) is 60.8 Å². The van der Waals surface area contributed by atoms with Crippen LogP contribution in [0.2, 0.25) is 0 Å². The highest BCUT2D eigenvalue weighted by Gasteiger charge is 2.22. The van der Waals surface area contributed by atoms with Gasteiger partial charge in [0.2, 0.25) is 5.95 Å². The summed E-state index contributed by atoms with van der Waals surface area (Å²) >= 11 is 0. The molecule has 0 atom stereocenters. The molecule has 160 valence electrons. The number of anilines is 1. The number of hydrogen-bond acceptors (Lipinski definition) is 5. The van der Waals surface area contributed by atoms with Crippen LogP contribution in [0.4, 0.5) is 10.3 Å². The van der Waals surface area contributed by atoms with E-state index in [-0.39, 0.29) is 5.82 Å². The minimum absolute atomic E-state index is 0.218. The van der Waals surface area contributed by atoms with Gasteiger partial charge in [-0.25, -0.2) is 14.4 Å². The lowest BCUT2D eigenvalue weighted by molar-refractivity contribution is 0.195. The predicted molar refractivity (Wildman–Crippen MR) is 118 cm³/mol. The number of rotatable bonds is 6. The highest BCUT2D eigenvalue weighted by atomic mass is 19.1. The first-order chi connectivity index (χ1) is 15.1. The Balaban J connectivity index is 1.29. The van der Waals surface area contributed by atoms with Crippen LogP contribution in [0.1, 0.15) is 30.1 Å². The molecular formula is C24H26FN5O. The number of nitrogens with zero attached hydrogens (tertiary/aromatic N) is 4. The van der Waals surface area contributed by atoms with E-state index >= 15 is 0 Å². The van der Waals surface area contributed by atoms with Crippen LogP contribution in [0.3, 0.4) is 0 Å². The summed E-state index contributed by atoms with van der Waals surface area (Å²) in [5.41, 5.74) is 3.09. The average Bonchev–Trinajstić information content (AvgIpc) is 3.34. The van der Waals surface area contributed by atoms with Gasteiger partial charge in [-0.05, 0) is 42.7 Å². The largest absolute Gasteiger partial charge is 0.445 e. The van der Waals surface area contributed by atoms with Gasteiger partial charge in [-0.2, -0.15) is 0 Å². The zero-order valence-corrected chi connectivity index (χ0v) is 17.6. The zero-order valence-electron chi connectivity index (χ0n) is 17.6. The van der Waals surface area contributed by atoms with Crippen molar-refractivity contribution in [2.45, 2.75) is 38.9 Å². The maximum absolute atomic E-state index is 13.3. The topological polar surface area (TPSA) is 59.1 Å². The maximum atomic E-state index is 13.3. The molecule has 0 bridgehead atoms. The molecule has 0 unspecified atom stereocenters. The van der Waals surface area contributed by atoms with Gasteiger partial charge in [0.1, 0.15) is 11.6 Å². The predicted octanol–water partition coefficient (Wildman–Crippen LogP) is 4.60. The number of nitrogens with one attached hydrogen (secondary N) is 1. The van der Waals surface area contributed by atoms with Crippen LogP contribution in [0.25, 0.3) is 11.0 Å². The van der Waals surface area contributed by atoms with Gasteiger partial charge >= 0.3 is 0 Å². The SMILES string of the molecule is Cc1ncc(CN2CCC(Nc3nc4ccccc4n3Cc3ccc(F)cc3)CC2)o1. The highest BCUT2D eigenvalue weighted by molar-refractivity contribution is 5.78. The maximum Gasteiger partial charge on any atom is 0.204 e. The molecule has 0 aliphatic carbocycles. The number of para-hydroxylation sites is 2. The minimum Gasteiger partial charge on any atom is -0.445 e. The number of hydrogen-bond donors (Lipinski definition) is 1. The fraction of sp³-hybridized carbons (Fsp3) is 0.333. The second-order valence-electron chi connectivity index (χ2n) is 8.18. The molecule has 5 rings (SSSR count). The Morgan fingerprint density at radius 1 is 1.06 bits per heavy atom. The molecular weight excluding hydrogens is 393 g/mol. The van der Waals surface area contributed by atoms with E-state index in [1.54, 1.807) is 0 Å². The van der Waals surface area contributed by atoms with Crippen molar-refractivity contribution in [3.8, 4) is 0 Å². The molecule has 1 N–H and O–H groups in total. The molecule has 1 aliphatic rings. The van der Waals surface area contributed by atoms with Gasteiger partial charge in [0.15, 0.2) is 5.89 Å². The third-order valence-electron chi connectivity index (χ3n) is 5.88. The van der Waals surface area contributed by atoms with E-state index in [9.17, 15) is 4.39 Å². The first-order valence-electron chi connectivity index (χ1n) is 10.7. The molecule has 1 aliphatic heterocycles. The van der Waals surface area contributed by atoms with Gasteiger partial charge in [0.25, 0.3) is 0 Å². The molecule has 0 amide bonds. The van der Waals surface area contributed by atoms with Crippen LogP contribution in [0.5, 0.6) is 0 Å². The molecule has 0 saturated carbocycles. The summed E-state index contributed by atoms with van der Waals surface area (Å²) in [6.07, 6.45) is 3.89.